The number of benzene rings is 1. The quantitative estimate of drug-likeness (QED) is 0.892. The highest BCUT2D eigenvalue weighted by atomic mass is 35.5. The third-order valence-corrected chi connectivity index (χ3v) is 4.59. The molecule has 0 radical (unpaired) electrons. The minimum atomic E-state index is 0. The Kier molecular flexibility index (Phi) is 6.40. The van der Waals surface area contributed by atoms with Crippen molar-refractivity contribution >= 4 is 18.3 Å². The number of para-hydroxylation sites is 1. The molecule has 1 fully saturated rings. The van der Waals surface area contributed by atoms with E-state index in [9.17, 15) is 4.79 Å². The van der Waals surface area contributed by atoms with Gasteiger partial charge in [-0.25, -0.2) is 4.68 Å². The van der Waals surface area contributed by atoms with Crippen LogP contribution in [0.1, 0.15) is 29.8 Å². The van der Waals surface area contributed by atoms with E-state index in [0.717, 1.165) is 48.6 Å². The van der Waals surface area contributed by atoms with Crippen LogP contribution in [-0.2, 0) is 11.3 Å². The average Bonchev–Trinajstić information content (AvgIpc) is 2.88. The van der Waals surface area contributed by atoms with Gasteiger partial charge in [0.25, 0.3) is 0 Å². The summed E-state index contributed by atoms with van der Waals surface area (Å²) in [5.74, 6) is 0.304. The maximum atomic E-state index is 12.3. The molecule has 6 heteroatoms. The minimum absolute atomic E-state index is 0. The first kappa shape index (κ1) is 18.5. The maximum absolute atomic E-state index is 12.3. The van der Waals surface area contributed by atoms with Gasteiger partial charge in [0.05, 0.1) is 11.4 Å². The lowest BCUT2D eigenvalue weighted by atomic mass is 9.97. The Balaban J connectivity index is 0.00000208. The zero-order valence-electron chi connectivity index (χ0n) is 14.2. The van der Waals surface area contributed by atoms with Gasteiger partial charge in [0.2, 0.25) is 5.91 Å². The van der Waals surface area contributed by atoms with Crippen LogP contribution in [0, 0.1) is 19.8 Å². The number of nitrogens with zero attached hydrogens (tertiary/aromatic N) is 2. The molecule has 1 aliphatic heterocycles. The SMILES string of the molecule is Cc1nn(-c2ccccc2)c(C)c1CNC(=O)C1CCNCC1.Cl. The molecular weight excluding hydrogens is 324 g/mol. The van der Waals surface area contributed by atoms with Crippen LogP contribution >= 0.6 is 12.4 Å². The third-order valence-electron chi connectivity index (χ3n) is 4.59. The predicted octanol–water partition coefficient (Wildman–Crippen LogP) is 2.53. The van der Waals surface area contributed by atoms with Gasteiger partial charge < -0.3 is 10.6 Å². The number of piperidine rings is 1. The van der Waals surface area contributed by atoms with E-state index in [0.29, 0.717) is 6.54 Å². The largest absolute Gasteiger partial charge is 0.352 e. The van der Waals surface area contributed by atoms with Crippen LogP contribution < -0.4 is 10.6 Å². The molecule has 24 heavy (non-hydrogen) atoms. The van der Waals surface area contributed by atoms with E-state index < -0.39 is 0 Å². The zero-order chi connectivity index (χ0) is 16.2. The highest BCUT2D eigenvalue weighted by molar-refractivity contribution is 5.85. The lowest BCUT2D eigenvalue weighted by Crippen LogP contribution is -2.38. The number of aryl methyl sites for hydroxylation is 1. The first-order valence-corrected chi connectivity index (χ1v) is 8.26. The van der Waals surface area contributed by atoms with Crippen LogP contribution in [0.3, 0.4) is 0 Å². The Labute approximate surface area is 149 Å². The first-order valence-electron chi connectivity index (χ1n) is 8.26. The lowest BCUT2D eigenvalue weighted by Gasteiger charge is -2.21. The molecule has 1 aromatic carbocycles. The van der Waals surface area contributed by atoms with Gasteiger partial charge >= 0.3 is 0 Å². The summed E-state index contributed by atoms with van der Waals surface area (Å²) < 4.78 is 1.95. The maximum Gasteiger partial charge on any atom is 0.223 e. The molecule has 1 amide bonds. The molecule has 2 N–H and O–H groups in total. The minimum Gasteiger partial charge on any atom is -0.352 e. The average molecular weight is 349 g/mol. The third kappa shape index (κ3) is 3.97. The molecule has 2 heterocycles. The first-order chi connectivity index (χ1) is 11.2. The number of halogens is 1. The number of hydrogen-bond donors (Lipinski definition) is 2. The van der Waals surface area contributed by atoms with E-state index in [4.69, 9.17) is 0 Å². The molecule has 0 aliphatic carbocycles. The van der Waals surface area contributed by atoms with Crippen molar-refractivity contribution in [1.82, 2.24) is 20.4 Å². The van der Waals surface area contributed by atoms with Crippen LogP contribution in [0.25, 0.3) is 5.69 Å². The second-order valence-electron chi connectivity index (χ2n) is 6.14. The molecule has 0 bridgehead atoms. The van der Waals surface area contributed by atoms with Crippen molar-refractivity contribution in [1.29, 1.82) is 0 Å². The molecule has 1 aliphatic rings. The monoisotopic (exact) mass is 348 g/mol. The van der Waals surface area contributed by atoms with E-state index in [-0.39, 0.29) is 24.2 Å². The number of amides is 1. The van der Waals surface area contributed by atoms with E-state index in [2.05, 4.69) is 22.7 Å². The summed E-state index contributed by atoms with van der Waals surface area (Å²) in [5, 5.41) is 11.0. The summed E-state index contributed by atoms with van der Waals surface area (Å²) in [4.78, 5) is 12.3. The Morgan fingerprint density at radius 1 is 1.25 bits per heavy atom. The fourth-order valence-electron chi connectivity index (χ4n) is 3.16. The molecule has 130 valence electrons. The molecule has 0 spiro atoms. The van der Waals surface area contributed by atoms with Gasteiger partial charge in [-0.1, -0.05) is 18.2 Å². The van der Waals surface area contributed by atoms with Crippen molar-refractivity contribution in [3.8, 4) is 5.69 Å². The van der Waals surface area contributed by atoms with Crippen LogP contribution in [0.15, 0.2) is 30.3 Å². The van der Waals surface area contributed by atoms with Gasteiger partial charge in [0.15, 0.2) is 0 Å². The molecule has 0 atom stereocenters. The van der Waals surface area contributed by atoms with Gasteiger partial charge in [-0.2, -0.15) is 5.10 Å². The van der Waals surface area contributed by atoms with Gasteiger partial charge in [-0.3, -0.25) is 4.79 Å². The Bertz CT molecular complexity index is 678. The fraction of sp³-hybridized carbons (Fsp3) is 0.444. The fourth-order valence-corrected chi connectivity index (χ4v) is 3.16. The normalized spacial score (nSPS) is 14.9. The van der Waals surface area contributed by atoms with Crippen LogP contribution in [0.5, 0.6) is 0 Å². The number of carbonyl (C=O) groups excluding carboxylic acids is 1. The highest BCUT2D eigenvalue weighted by Crippen LogP contribution is 2.18. The van der Waals surface area contributed by atoms with Crippen molar-refractivity contribution in [3.63, 3.8) is 0 Å². The van der Waals surface area contributed by atoms with Gasteiger partial charge in [0, 0.05) is 23.7 Å². The number of aromatic nitrogens is 2. The Hall–Kier alpha value is -1.85. The topological polar surface area (TPSA) is 59.0 Å². The van der Waals surface area contributed by atoms with Crippen molar-refractivity contribution in [2.24, 2.45) is 5.92 Å². The summed E-state index contributed by atoms with van der Waals surface area (Å²) in [7, 11) is 0. The molecule has 0 unspecified atom stereocenters. The molecular formula is C18H25ClN4O. The second-order valence-corrected chi connectivity index (χ2v) is 6.14. The standard InChI is InChI=1S/C18H24N4O.ClH/c1-13-17(12-20-18(23)15-8-10-19-11-9-15)14(2)22(21-13)16-6-4-3-5-7-16;/h3-7,15,19H,8-12H2,1-2H3,(H,20,23);1H. The van der Waals surface area contributed by atoms with Gasteiger partial charge in [0.1, 0.15) is 0 Å². The van der Waals surface area contributed by atoms with Gasteiger partial charge in [-0.05, 0) is 51.9 Å². The molecule has 0 saturated carbocycles. The van der Waals surface area contributed by atoms with Gasteiger partial charge in [-0.15, -0.1) is 12.4 Å². The van der Waals surface area contributed by atoms with E-state index >= 15 is 0 Å². The number of nitrogens with one attached hydrogen (secondary N) is 2. The van der Waals surface area contributed by atoms with Crippen LogP contribution in [-0.4, -0.2) is 28.8 Å². The van der Waals surface area contributed by atoms with Crippen molar-refractivity contribution < 1.29 is 4.79 Å². The summed E-state index contributed by atoms with van der Waals surface area (Å²) in [5.41, 5.74) is 4.21. The number of carbonyl (C=O) groups is 1. The van der Waals surface area contributed by atoms with Crippen LogP contribution in [0.4, 0.5) is 0 Å². The second kappa shape index (κ2) is 8.31. The Morgan fingerprint density at radius 3 is 2.58 bits per heavy atom. The molecule has 1 aromatic heterocycles. The van der Waals surface area contributed by atoms with Crippen molar-refractivity contribution in [2.75, 3.05) is 13.1 Å². The summed E-state index contributed by atoms with van der Waals surface area (Å²) in [6.07, 6.45) is 1.85. The zero-order valence-corrected chi connectivity index (χ0v) is 15.0. The van der Waals surface area contributed by atoms with E-state index in [1.807, 2.05) is 41.9 Å². The van der Waals surface area contributed by atoms with E-state index in [1.54, 1.807) is 0 Å². The number of hydrogen-bond acceptors (Lipinski definition) is 3. The Morgan fingerprint density at radius 2 is 1.92 bits per heavy atom. The molecule has 1 saturated heterocycles. The van der Waals surface area contributed by atoms with Crippen molar-refractivity contribution in [2.45, 2.75) is 33.2 Å². The van der Waals surface area contributed by atoms with Crippen LogP contribution in [0.2, 0.25) is 0 Å². The molecule has 5 nitrogen and oxygen atoms in total. The lowest BCUT2D eigenvalue weighted by molar-refractivity contribution is -0.125. The highest BCUT2D eigenvalue weighted by Gasteiger charge is 2.21. The van der Waals surface area contributed by atoms with E-state index in [1.165, 1.54) is 0 Å². The summed E-state index contributed by atoms with van der Waals surface area (Å²) in [6, 6.07) is 10.1. The number of rotatable bonds is 4. The smallest absolute Gasteiger partial charge is 0.223 e. The molecule has 3 rings (SSSR count). The predicted molar refractivity (Wildman–Crippen MR) is 97.7 cm³/mol. The summed E-state index contributed by atoms with van der Waals surface area (Å²) in [6.45, 7) is 6.47. The molecule has 2 aromatic rings. The van der Waals surface area contributed by atoms with Crippen molar-refractivity contribution in [3.05, 3.63) is 47.3 Å². The summed E-state index contributed by atoms with van der Waals surface area (Å²) >= 11 is 0.